The zero-order chi connectivity index (χ0) is 21.1. The summed E-state index contributed by atoms with van der Waals surface area (Å²) in [6.07, 6.45) is 28.1. The first-order valence-electron chi connectivity index (χ1n) is 13.7. The highest BCUT2D eigenvalue weighted by Crippen LogP contribution is 2.39. The molecule has 3 heteroatoms. The van der Waals surface area contributed by atoms with Crippen molar-refractivity contribution >= 4 is 22.8 Å². The van der Waals surface area contributed by atoms with Crippen LogP contribution in [0.2, 0.25) is 0 Å². The molecule has 1 heterocycles. The van der Waals surface area contributed by atoms with Crippen molar-refractivity contribution in [1.82, 2.24) is 8.75 Å². The zero-order valence-electron chi connectivity index (χ0n) is 19.8. The average molecular weight is 441 g/mol. The second-order valence-electron chi connectivity index (χ2n) is 10.4. The van der Waals surface area contributed by atoms with Crippen LogP contribution in [0.15, 0.2) is 12.1 Å². The van der Waals surface area contributed by atoms with Crippen molar-refractivity contribution < 1.29 is 0 Å². The van der Waals surface area contributed by atoms with Gasteiger partial charge >= 0.3 is 0 Å². The van der Waals surface area contributed by atoms with E-state index in [-0.39, 0.29) is 0 Å². The van der Waals surface area contributed by atoms with E-state index >= 15 is 0 Å². The summed E-state index contributed by atoms with van der Waals surface area (Å²) in [4.78, 5) is 0. The largest absolute Gasteiger partial charge is 0.173 e. The fourth-order valence-corrected chi connectivity index (χ4v) is 6.75. The Morgan fingerprint density at radius 3 is 1.06 bits per heavy atom. The Labute approximate surface area is 194 Å². The summed E-state index contributed by atoms with van der Waals surface area (Å²) in [5, 5.41) is 0. The van der Waals surface area contributed by atoms with Gasteiger partial charge in [-0.3, -0.25) is 0 Å². The van der Waals surface area contributed by atoms with Gasteiger partial charge < -0.3 is 0 Å². The lowest BCUT2D eigenvalue weighted by Gasteiger charge is -2.22. The van der Waals surface area contributed by atoms with Crippen molar-refractivity contribution in [2.45, 2.75) is 140 Å². The first-order chi connectivity index (χ1) is 15.4. The topological polar surface area (TPSA) is 25.8 Å². The van der Waals surface area contributed by atoms with Crippen LogP contribution in [0.3, 0.4) is 0 Å². The fourth-order valence-electron chi connectivity index (χ4n) is 6.16. The van der Waals surface area contributed by atoms with Crippen LogP contribution in [0, 0.1) is 0 Å². The molecule has 172 valence electrons. The van der Waals surface area contributed by atoms with Gasteiger partial charge in [-0.05, 0) is 48.6 Å². The van der Waals surface area contributed by atoms with E-state index in [4.69, 9.17) is 8.75 Å². The minimum Gasteiger partial charge on any atom is -0.173 e. The molecule has 4 rings (SSSR count). The van der Waals surface area contributed by atoms with Crippen LogP contribution < -0.4 is 0 Å². The lowest BCUT2D eigenvalue weighted by atomic mass is 9.82. The molecule has 1 aromatic carbocycles. The first kappa shape index (κ1) is 23.2. The van der Waals surface area contributed by atoms with Crippen molar-refractivity contribution in [2.24, 2.45) is 0 Å². The van der Waals surface area contributed by atoms with Crippen LogP contribution in [0.4, 0.5) is 0 Å². The molecule has 2 fully saturated rings. The smallest absolute Gasteiger partial charge is 0.108 e. The van der Waals surface area contributed by atoms with Gasteiger partial charge in [0, 0.05) is 0 Å². The molecular weight excluding hydrogens is 396 g/mol. The Balaban J connectivity index is 1.53. The summed E-state index contributed by atoms with van der Waals surface area (Å²) in [5.41, 5.74) is 5.55. The quantitative estimate of drug-likeness (QED) is 0.464. The van der Waals surface area contributed by atoms with Crippen LogP contribution in [0.25, 0.3) is 11.0 Å². The monoisotopic (exact) mass is 440 g/mol. The van der Waals surface area contributed by atoms with Gasteiger partial charge in [-0.25, -0.2) is 0 Å². The van der Waals surface area contributed by atoms with Crippen molar-refractivity contribution in [3.05, 3.63) is 23.3 Å². The first-order valence-corrected chi connectivity index (χ1v) is 14.4. The lowest BCUT2D eigenvalue weighted by Crippen LogP contribution is -2.06. The van der Waals surface area contributed by atoms with Crippen LogP contribution in [0.1, 0.15) is 151 Å². The standard InChI is InChI=1S/C28H44N2S/c1-2-5-9-13-17-23(18-14-10-6-3-1)25-21-22-26(28-27(25)29-31-30-28)24-19-15-11-7-4-8-12-16-20-24/h21-24H,1-20H2. The molecule has 0 amide bonds. The molecule has 31 heavy (non-hydrogen) atoms. The summed E-state index contributed by atoms with van der Waals surface area (Å²) in [6.45, 7) is 0. The number of aromatic nitrogens is 2. The van der Waals surface area contributed by atoms with Gasteiger partial charge in [-0.15, -0.1) is 0 Å². The predicted octanol–water partition coefficient (Wildman–Crippen LogP) is 9.69. The molecule has 0 aliphatic heterocycles. The SMILES string of the molecule is c1cc(C2CCCCCCCCC2)c2nsnc2c1C1CCCCCCCCCCC1. The van der Waals surface area contributed by atoms with E-state index in [1.54, 1.807) is 0 Å². The van der Waals surface area contributed by atoms with Gasteiger partial charge in [0.05, 0.1) is 11.7 Å². The predicted molar refractivity (Wildman–Crippen MR) is 135 cm³/mol. The van der Waals surface area contributed by atoms with E-state index in [1.165, 1.54) is 162 Å². The third-order valence-electron chi connectivity index (χ3n) is 8.07. The van der Waals surface area contributed by atoms with Crippen LogP contribution in [0.5, 0.6) is 0 Å². The van der Waals surface area contributed by atoms with Gasteiger partial charge in [0.1, 0.15) is 11.0 Å². The third-order valence-corrected chi connectivity index (χ3v) is 8.60. The second-order valence-corrected chi connectivity index (χ2v) is 10.9. The van der Waals surface area contributed by atoms with E-state index < -0.39 is 0 Å². The summed E-state index contributed by atoms with van der Waals surface area (Å²) in [7, 11) is 0. The molecule has 0 atom stereocenters. The van der Waals surface area contributed by atoms with E-state index in [9.17, 15) is 0 Å². The summed E-state index contributed by atoms with van der Waals surface area (Å²) in [5.74, 6) is 1.37. The van der Waals surface area contributed by atoms with E-state index in [1.807, 2.05) is 0 Å². The number of rotatable bonds is 2. The minimum atomic E-state index is 0.684. The second kappa shape index (κ2) is 12.9. The summed E-state index contributed by atoms with van der Waals surface area (Å²) >= 11 is 1.45. The number of nitrogens with zero attached hydrogens (tertiary/aromatic N) is 2. The highest BCUT2D eigenvalue weighted by molar-refractivity contribution is 7.00. The molecule has 2 aliphatic rings. The molecule has 2 aromatic rings. The van der Waals surface area contributed by atoms with Gasteiger partial charge in [0.15, 0.2) is 0 Å². The Morgan fingerprint density at radius 2 is 0.742 bits per heavy atom. The molecule has 0 unspecified atom stereocenters. The molecule has 0 spiro atoms. The maximum Gasteiger partial charge on any atom is 0.108 e. The van der Waals surface area contributed by atoms with Crippen LogP contribution >= 0.6 is 11.7 Å². The highest BCUT2D eigenvalue weighted by atomic mass is 32.1. The summed E-state index contributed by atoms with van der Waals surface area (Å²) < 4.78 is 9.76. The van der Waals surface area contributed by atoms with Crippen LogP contribution in [-0.2, 0) is 0 Å². The Bertz CT molecular complexity index is 745. The minimum absolute atomic E-state index is 0.684. The molecule has 2 aliphatic carbocycles. The Kier molecular flexibility index (Phi) is 9.67. The average Bonchev–Trinajstić information content (AvgIpc) is 3.28. The van der Waals surface area contributed by atoms with Crippen molar-refractivity contribution in [2.75, 3.05) is 0 Å². The molecule has 1 aromatic heterocycles. The molecule has 0 N–H and O–H groups in total. The molecule has 0 saturated heterocycles. The molecular formula is C28H44N2S. The third kappa shape index (κ3) is 6.76. The van der Waals surface area contributed by atoms with Crippen LogP contribution in [-0.4, -0.2) is 8.75 Å². The lowest BCUT2D eigenvalue weighted by molar-refractivity contribution is 0.462. The molecule has 2 saturated carbocycles. The number of hydrogen-bond acceptors (Lipinski definition) is 3. The van der Waals surface area contributed by atoms with E-state index in [2.05, 4.69) is 12.1 Å². The normalized spacial score (nSPS) is 22.6. The van der Waals surface area contributed by atoms with E-state index in [0.29, 0.717) is 11.8 Å². The highest BCUT2D eigenvalue weighted by Gasteiger charge is 2.22. The Morgan fingerprint density at radius 1 is 0.452 bits per heavy atom. The fraction of sp³-hybridized carbons (Fsp3) is 0.786. The van der Waals surface area contributed by atoms with E-state index in [0.717, 1.165) is 0 Å². The molecule has 2 nitrogen and oxygen atoms in total. The maximum absolute atomic E-state index is 4.88. The van der Waals surface area contributed by atoms with Gasteiger partial charge in [0.2, 0.25) is 0 Å². The van der Waals surface area contributed by atoms with Gasteiger partial charge in [-0.2, -0.15) is 8.75 Å². The number of hydrogen-bond donors (Lipinski definition) is 0. The van der Waals surface area contributed by atoms with Gasteiger partial charge in [-0.1, -0.05) is 115 Å². The molecule has 0 radical (unpaired) electrons. The van der Waals surface area contributed by atoms with Crippen molar-refractivity contribution in [3.8, 4) is 0 Å². The summed E-state index contributed by atoms with van der Waals surface area (Å²) in [6, 6.07) is 4.96. The molecule has 0 bridgehead atoms. The van der Waals surface area contributed by atoms with Crippen molar-refractivity contribution in [3.63, 3.8) is 0 Å². The Hall–Kier alpha value is -0.960. The zero-order valence-corrected chi connectivity index (χ0v) is 20.6. The maximum atomic E-state index is 4.88. The van der Waals surface area contributed by atoms with Crippen molar-refractivity contribution in [1.29, 1.82) is 0 Å². The number of benzene rings is 1. The number of fused-ring (bicyclic) bond motifs is 1. The van der Waals surface area contributed by atoms with Gasteiger partial charge in [0.25, 0.3) is 0 Å².